The molecule has 0 saturated heterocycles. The Morgan fingerprint density at radius 1 is 1.15 bits per heavy atom. The number of halogens is 1. The number of nitrogens with one attached hydrogen (secondary N) is 1. The van der Waals surface area contributed by atoms with Crippen LogP contribution in [-0.2, 0) is 0 Å². The first-order valence-corrected chi connectivity index (χ1v) is 7.85. The van der Waals surface area contributed by atoms with Gasteiger partial charge in [-0.1, -0.05) is 43.6 Å². The Bertz CT molecular complexity index is 446. The molecule has 0 aromatic heterocycles. The van der Waals surface area contributed by atoms with E-state index in [2.05, 4.69) is 55.0 Å². The lowest BCUT2D eigenvalue weighted by Gasteiger charge is -2.35. The number of benzene rings is 1. The molecule has 1 aromatic carbocycles. The lowest BCUT2D eigenvalue weighted by molar-refractivity contribution is 0.235. The van der Waals surface area contributed by atoms with Crippen molar-refractivity contribution in [1.29, 1.82) is 0 Å². The van der Waals surface area contributed by atoms with Crippen molar-refractivity contribution in [3.05, 3.63) is 22.2 Å². The van der Waals surface area contributed by atoms with Gasteiger partial charge in [0.05, 0.1) is 14.2 Å². The summed E-state index contributed by atoms with van der Waals surface area (Å²) >= 11 is 3.67. The average molecular weight is 344 g/mol. The van der Waals surface area contributed by atoms with Crippen LogP contribution in [0.4, 0.5) is 0 Å². The molecule has 0 bridgehead atoms. The topological polar surface area (TPSA) is 30.5 Å². The normalized spacial score (nSPS) is 13.2. The maximum atomic E-state index is 5.43. The van der Waals surface area contributed by atoms with Crippen LogP contribution in [0.3, 0.4) is 0 Å². The van der Waals surface area contributed by atoms with Gasteiger partial charge in [0.15, 0.2) is 11.5 Å². The molecule has 0 heterocycles. The van der Waals surface area contributed by atoms with Crippen LogP contribution < -0.4 is 14.8 Å². The maximum absolute atomic E-state index is 5.43. The van der Waals surface area contributed by atoms with Gasteiger partial charge in [0.25, 0.3) is 0 Å². The second kappa shape index (κ2) is 7.32. The van der Waals surface area contributed by atoms with E-state index < -0.39 is 0 Å². The molecule has 20 heavy (non-hydrogen) atoms. The SMILES string of the molecule is CCNC(c1cc(OC)c(OC)cc1Br)C(C)(C)CC. The second-order valence-corrected chi connectivity index (χ2v) is 6.42. The lowest BCUT2D eigenvalue weighted by Crippen LogP contribution is -2.34. The molecule has 1 atom stereocenters. The first-order valence-electron chi connectivity index (χ1n) is 7.06. The fourth-order valence-electron chi connectivity index (χ4n) is 2.31. The van der Waals surface area contributed by atoms with Gasteiger partial charge in [-0.2, -0.15) is 0 Å². The fourth-order valence-corrected chi connectivity index (χ4v) is 2.86. The van der Waals surface area contributed by atoms with Crippen LogP contribution in [-0.4, -0.2) is 20.8 Å². The molecule has 0 amide bonds. The van der Waals surface area contributed by atoms with Crippen molar-refractivity contribution >= 4 is 15.9 Å². The van der Waals surface area contributed by atoms with Crippen LogP contribution in [0.25, 0.3) is 0 Å². The number of ether oxygens (including phenoxy) is 2. The summed E-state index contributed by atoms with van der Waals surface area (Å²) in [6, 6.07) is 4.30. The molecule has 0 saturated carbocycles. The van der Waals surface area contributed by atoms with Gasteiger partial charge in [0.2, 0.25) is 0 Å². The van der Waals surface area contributed by atoms with Crippen LogP contribution in [0.15, 0.2) is 16.6 Å². The summed E-state index contributed by atoms with van der Waals surface area (Å²) in [5.74, 6) is 1.51. The van der Waals surface area contributed by atoms with Gasteiger partial charge in [-0.25, -0.2) is 0 Å². The predicted octanol–water partition coefficient (Wildman–Crippen LogP) is 4.55. The monoisotopic (exact) mass is 343 g/mol. The third-order valence-electron chi connectivity index (χ3n) is 3.91. The fraction of sp³-hybridized carbons (Fsp3) is 0.625. The first-order chi connectivity index (χ1) is 9.41. The molecule has 0 aliphatic heterocycles. The molecule has 4 heteroatoms. The number of hydrogen-bond acceptors (Lipinski definition) is 3. The van der Waals surface area contributed by atoms with E-state index >= 15 is 0 Å². The third kappa shape index (κ3) is 3.67. The van der Waals surface area contributed by atoms with E-state index in [4.69, 9.17) is 9.47 Å². The Labute approximate surface area is 131 Å². The zero-order valence-electron chi connectivity index (χ0n) is 13.3. The molecule has 1 rings (SSSR count). The Morgan fingerprint density at radius 3 is 2.15 bits per heavy atom. The van der Waals surface area contributed by atoms with Gasteiger partial charge < -0.3 is 14.8 Å². The molecule has 1 N–H and O–H groups in total. The minimum atomic E-state index is 0.151. The molecule has 0 aliphatic carbocycles. The maximum Gasteiger partial charge on any atom is 0.161 e. The summed E-state index contributed by atoms with van der Waals surface area (Å²) in [4.78, 5) is 0. The highest BCUT2D eigenvalue weighted by molar-refractivity contribution is 9.10. The Kier molecular flexibility index (Phi) is 6.34. The molecule has 0 spiro atoms. The number of methoxy groups -OCH3 is 2. The molecule has 3 nitrogen and oxygen atoms in total. The smallest absolute Gasteiger partial charge is 0.161 e. The zero-order valence-corrected chi connectivity index (χ0v) is 14.9. The molecule has 0 radical (unpaired) electrons. The zero-order chi connectivity index (χ0) is 15.3. The number of hydrogen-bond donors (Lipinski definition) is 1. The van der Waals surface area contributed by atoms with Crippen molar-refractivity contribution in [2.75, 3.05) is 20.8 Å². The van der Waals surface area contributed by atoms with Crippen molar-refractivity contribution in [2.24, 2.45) is 5.41 Å². The molecule has 0 aliphatic rings. The van der Waals surface area contributed by atoms with E-state index in [0.29, 0.717) is 0 Å². The van der Waals surface area contributed by atoms with Crippen LogP contribution >= 0.6 is 15.9 Å². The van der Waals surface area contributed by atoms with Crippen LogP contribution in [0.2, 0.25) is 0 Å². The van der Waals surface area contributed by atoms with E-state index in [-0.39, 0.29) is 11.5 Å². The minimum absolute atomic E-state index is 0.151. The summed E-state index contributed by atoms with van der Waals surface area (Å²) in [5, 5.41) is 3.59. The summed E-state index contributed by atoms with van der Waals surface area (Å²) in [5.41, 5.74) is 1.36. The van der Waals surface area contributed by atoms with Gasteiger partial charge in [0.1, 0.15) is 0 Å². The lowest BCUT2D eigenvalue weighted by atomic mass is 9.78. The quantitative estimate of drug-likeness (QED) is 0.787. The number of rotatable bonds is 7. The van der Waals surface area contributed by atoms with Crippen molar-refractivity contribution in [2.45, 2.75) is 40.2 Å². The molecule has 0 fully saturated rings. The van der Waals surface area contributed by atoms with Gasteiger partial charge in [-0.05, 0) is 36.1 Å². The van der Waals surface area contributed by atoms with Crippen molar-refractivity contribution in [3.63, 3.8) is 0 Å². The van der Waals surface area contributed by atoms with Crippen LogP contribution in [0, 0.1) is 5.41 Å². The van der Waals surface area contributed by atoms with Crippen molar-refractivity contribution < 1.29 is 9.47 Å². The van der Waals surface area contributed by atoms with Gasteiger partial charge >= 0.3 is 0 Å². The van der Waals surface area contributed by atoms with Gasteiger partial charge in [-0.3, -0.25) is 0 Å². The average Bonchev–Trinajstić information content (AvgIpc) is 2.44. The first kappa shape index (κ1) is 17.3. The van der Waals surface area contributed by atoms with Gasteiger partial charge in [-0.15, -0.1) is 0 Å². The molecular weight excluding hydrogens is 318 g/mol. The Balaban J connectivity index is 3.33. The van der Waals surface area contributed by atoms with E-state index in [1.165, 1.54) is 5.56 Å². The van der Waals surface area contributed by atoms with Gasteiger partial charge in [0, 0.05) is 10.5 Å². The molecular formula is C16H26BrNO2. The molecule has 114 valence electrons. The Hall–Kier alpha value is -0.740. The minimum Gasteiger partial charge on any atom is -0.493 e. The summed E-state index contributed by atoms with van der Waals surface area (Å²) in [6.45, 7) is 9.84. The summed E-state index contributed by atoms with van der Waals surface area (Å²) in [7, 11) is 3.32. The van der Waals surface area contributed by atoms with E-state index in [9.17, 15) is 0 Å². The van der Waals surface area contributed by atoms with Crippen LogP contribution in [0.5, 0.6) is 11.5 Å². The highest BCUT2D eigenvalue weighted by atomic mass is 79.9. The third-order valence-corrected chi connectivity index (χ3v) is 4.60. The largest absolute Gasteiger partial charge is 0.493 e. The van der Waals surface area contributed by atoms with Crippen LogP contribution in [0.1, 0.15) is 45.7 Å². The molecule has 1 unspecified atom stereocenters. The van der Waals surface area contributed by atoms with E-state index in [1.807, 2.05) is 6.07 Å². The summed E-state index contributed by atoms with van der Waals surface area (Å²) in [6.07, 6.45) is 1.09. The highest BCUT2D eigenvalue weighted by Gasteiger charge is 2.30. The van der Waals surface area contributed by atoms with Crippen molar-refractivity contribution in [1.82, 2.24) is 5.32 Å². The predicted molar refractivity (Wildman–Crippen MR) is 87.7 cm³/mol. The van der Waals surface area contributed by atoms with E-state index in [0.717, 1.165) is 28.9 Å². The van der Waals surface area contributed by atoms with Crippen molar-refractivity contribution in [3.8, 4) is 11.5 Å². The standard InChI is InChI=1S/C16H26BrNO2/c1-7-16(3,4)15(18-8-2)11-9-13(19-5)14(20-6)10-12(11)17/h9-10,15,18H,7-8H2,1-6H3. The summed E-state index contributed by atoms with van der Waals surface area (Å²) < 4.78 is 11.8. The highest BCUT2D eigenvalue weighted by Crippen LogP contribution is 2.43. The van der Waals surface area contributed by atoms with E-state index in [1.54, 1.807) is 14.2 Å². The second-order valence-electron chi connectivity index (χ2n) is 5.56. The molecule has 1 aromatic rings. The Morgan fingerprint density at radius 2 is 1.70 bits per heavy atom.